The summed E-state index contributed by atoms with van der Waals surface area (Å²) in [6.45, 7) is 0. The molecule has 0 atom stereocenters. The van der Waals surface area contributed by atoms with E-state index in [0.717, 1.165) is 21.5 Å². The van der Waals surface area contributed by atoms with Crippen LogP contribution in [-0.2, 0) is 0 Å². The first-order valence-electron chi connectivity index (χ1n) is 6.64. The predicted octanol–water partition coefficient (Wildman–Crippen LogP) is 4.32. The Bertz CT molecular complexity index is 1040. The van der Waals surface area contributed by atoms with Crippen molar-refractivity contribution in [3.8, 4) is 18.2 Å². The molecule has 0 radical (unpaired) electrons. The number of benzene rings is 3. The Balaban J connectivity index is 2.29. The molecule has 0 aliphatic carbocycles. The van der Waals surface area contributed by atoms with Crippen LogP contribution in [0, 0.1) is 34.0 Å². The zero-order valence-electron chi connectivity index (χ0n) is 11.5. The van der Waals surface area contributed by atoms with Crippen molar-refractivity contribution in [3.05, 3.63) is 65.7 Å². The van der Waals surface area contributed by atoms with E-state index in [4.69, 9.17) is 10.5 Å². The van der Waals surface area contributed by atoms with Crippen molar-refractivity contribution in [1.82, 2.24) is 0 Å². The largest absolute Gasteiger partial charge is 0.192 e. The summed E-state index contributed by atoms with van der Waals surface area (Å²) in [5.74, 6) is 0. The fourth-order valence-electron chi connectivity index (χ4n) is 2.50. The molecule has 3 aromatic rings. The molecule has 0 aromatic heterocycles. The summed E-state index contributed by atoms with van der Waals surface area (Å²) in [6, 6.07) is 23.2. The van der Waals surface area contributed by atoms with Crippen molar-refractivity contribution in [1.29, 1.82) is 15.8 Å². The summed E-state index contributed by atoms with van der Waals surface area (Å²) in [5, 5.41) is 31.4. The fraction of sp³-hybridized carbons (Fsp3) is 0. The molecule has 0 aliphatic heterocycles. The molecule has 3 rings (SSSR count). The summed E-state index contributed by atoms with van der Waals surface area (Å²) in [6.07, 6.45) is 0. The summed E-state index contributed by atoms with van der Waals surface area (Å²) >= 11 is 0. The van der Waals surface area contributed by atoms with E-state index in [2.05, 4.69) is 6.07 Å². The maximum absolute atomic E-state index is 9.25. The van der Waals surface area contributed by atoms with Crippen molar-refractivity contribution in [2.45, 2.75) is 0 Å². The van der Waals surface area contributed by atoms with Crippen molar-refractivity contribution < 1.29 is 0 Å². The second-order valence-corrected chi connectivity index (χ2v) is 4.85. The zero-order valence-corrected chi connectivity index (χ0v) is 11.5. The van der Waals surface area contributed by atoms with Crippen LogP contribution in [0.1, 0.15) is 5.56 Å². The van der Waals surface area contributed by atoms with Crippen LogP contribution >= 0.6 is 0 Å². The molecule has 0 saturated heterocycles. The van der Waals surface area contributed by atoms with Crippen molar-refractivity contribution >= 4 is 27.1 Å². The Morgan fingerprint density at radius 2 is 1.23 bits per heavy atom. The van der Waals surface area contributed by atoms with Crippen LogP contribution in [0.25, 0.3) is 27.1 Å². The van der Waals surface area contributed by atoms with Crippen LogP contribution in [0.2, 0.25) is 0 Å². The highest BCUT2D eigenvalue weighted by atomic mass is 14.3. The quantitative estimate of drug-likeness (QED) is 0.492. The Hall–Kier alpha value is -3.61. The minimum Gasteiger partial charge on any atom is -0.192 e. The van der Waals surface area contributed by atoms with Crippen LogP contribution in [0.3, 0.4) is 0 Å². The van der Waals surface area contributed by atoms with Gasteiger partial charge < -0.3 is 0 Å². The number of fused-ring (bicyclic) bond motifs is 2. The molecule has 3 heteroatoms. The van der Waals surface area contributed by atoms with E-state index in [0.29, 0.717) is 5.56 Å². The molecular formula is C19H9N3. The second-order valence-electron chi connectivity index (χ2n) is 4.85. The third-order valence-electron chi connectivity index (χ3n) is 3.58. The van der Waals surface area contributed by atoms with Gasteiger partial charge in [-0.25, -0.2) is 0 Å². The molecule has 0 spiro atoms. The van der Waals surface area contributed by atoms with E-state index < -0.39 is 0 Å². The van der Waals surface area contributed by atoms with Gasteiger partial charge in [0.05, 0.1) is 5.57 Å². The minimum atomic E-state index is -0.164. The number of nitrogens with zero attached hydrogens (tertiary/aromatic N) is 3. The lowest BCUT2D eigenvalue weighted by Crippen LogP contribution is -1.87. The van der Waals surface area contributed by atoms with Gasteiger partial charge in [0.1, 0.15) is 23.8 Å². The smallest absolute Gasteiger partial charge is 0.148 e. The van der Waals surface area contributed by atoms with Gasteiger partial charge in [-0.3, -0.25) is 0 Å². The van der Waals surface area contributed by atoms with Crippen LogP contribution in [0.15, 0.2) is 60.2 Å². The molecule has 100 valence electrons. The predicted molar refractivity (Wildman–Crippen MR) is 85.2 cm³/mol. The van der Waals surface area contributed by atoms with Crippen LogP contribution in [0.5, 0.6) is 0 Å². The summed E-state index contributed by atoms with van der Waals surface area (Å²) < 4.78 is 0. The monoisotopic (exact) mass is 279 g/mol. The SMILES string of the molecule is N#CC(C#N)=C(C#N)c1ccc2cc3ccccc3cc2c1. The molecule has 3 aromatic carbocycles. The fourth-order valence-corrected chi connectivity index (χ4v) is 2.50. The summed E-state index contributed by atoms with van der Waals surface area (Å²) in [4.78, 5) is 0. The van der Waals surface area contributed by atoms with E-state index in [-0.39, 0.29) is 11.1 Å². The second kappa shape index (κ2) is 5.41. The van der Waals surface area contributed by atoms with Gasteiger partial charge >= 0.3 is 0 Å². The van der Waals surface area contributed by atoms with Gasteiger partial charge in [0.25, 0.3) is 0 Å². The zero-order chi connectivity index (χ0) is 15.5. The highest BCUT2D eigenvalue weighted by Crippen LogP contribution is 2.27. The van der Waals surface area contributed by atoms with Gasteiger partial charge in [0.2, 0.25) is 0 Å². The Morgan fingerprint density at radius 3 is 1.82 bits per heavy atom. The maximum Gasteiger partial charge on any atom is 0.148 e. The third kappa shape index (κ3) is 2.16. The highest BCUT2D eigenvalue weighted by molar-refractivity contribution is 6.00. The number of hydrogen-bond donors (Lipinski definition) is 0. The number of allylic oxidation sites excluding steroid dienone is 2. The van der Waals surface area contributed by atoms with Crippen molar-refractivity contribution in [3.63, 3.8) is 0 Å². The van der Waals surface area contributed by atoms with E-state index >= 15 is 0 Å². The first-order valence-corrected chi connectivity index (χ1v) is 6.64. The lowest BCUT2D eigenvalue weighted by atomic mass is 9.97. The standard InChI is InChI=1S/C19H9N3/c20-10-18(11-21)19(12-22)16-6-5-15-7-13-3-1-2-4-14(13)8-17(15)9-16/h1-9H. The lowest BCUT2D eigenvalue weighted by Gasteiger charge is -2.05. The van der Waals surface area contributed by atoms with Crippen molar-refractivity contribution in [2.75, 3.05) is 0 Å². The van der Waals surface area contributed by atoms with Gasteiger partial charge in [0.15, 0.2) is 0 Å². The molecule has 0 unspecified atom stereocenters. The molecule has 3 nitrogen and oxygen atoms in total. The first-order chi connectivity index (χ1) is 10.8. The summed E-state index contributed by atoms with van der Waals surface area (Å²) in [5.41, 5.74) is 0.533. The Kier molecular flexibility index (Phi) is 3.29. The molecule has 22 heavy (non-hydrogen) atoms. The summed E-state index contributed by atoms with van der Waals surface area (Å²) in [7, 11) is 0. The van der Waals surface area contributed by atoms with Gasteiger partial charge in [-0.2, -0.15) is 15.8 Å². The minimum absolute atomic E-state index is 0.111. The maximum atomic E-state index is 9.25. The normalized spacial score (nSPS) is 9.68. The van der Waals surface area contributed by atoms with E-state index in [1.54, 1.807) is 18.2 Å². The molecule has 0 heterocycles. The van der Waals surface area contributed by atoms with E-state index in [1.165, 1.54) is 0 Å². The van der Waals surface area contributed by atoms with E-state index in [1.807, 2.05) is 48.5 Å². The highest BCUT2D eigenvalue weighted by Gasteiger charge is 2.09. The average Bonchev–Trinajstić information content (AvgIpc) is 2.57. The average molecular weight is 279 g/mol. The Labute approximate surface area is 127 Å². The van der Waals surface area contributed by atoms with Gasteiger partial charge in [0, 0.05) is 0 Å². The number of rotatable bonds is 1. The van der Waals surface area contributed by atoms with Gasteiger partial charge in [-0.15, -0.1) is 0 Å². The molecule has 0 N–H and O–H groups in total. The topological polar surface area (TPSA) is 71.4 Å². The number of nitriles is 3. The lowest BCUT2D eigenvalue weighted by molar-refractivity contribution is 1.45. The molecule has 0 bridgehead atoms. The molecule has 0 saturated carbocycles. The van der Waals surface area contributed by atoms with Gasteiger partial charge in [-0.05, 0) is 45.3 Å². The third-order valence-corrected chi connectivity index (χ3v) is 3.58. The van der Waals surface area contributed by atoms with Gasteiger partial charge in [-0.1, -0.05) is 36.4 Å². The molecular weight excluding hydrogens is 270 g/mol. The van der Waals surface area contributed by atoms with E-state index in [9.17, 15) is 5.26 Å². The first kappa shape index (κ1) is 13.4. The van der Waals surface area contributed by atoms with Crippen molar-refractivity contribution in [2.24, 2.45) is 0 Å². The molecule has 0 aliphatic rings. The molecule has 0 amide bonds. The van der Waals surface area contributed by atoms with Crippen LogP contribution < -0.4 is 0 Å². The molecule has 0 fully saturated rings. The number of hydrogen-bond acceptors (Lipinski definition) is 3. The van der Waals surface area contributed by atoms with Crippen LogP contribution in [0.4, 0.5) is 0 Å². The van der Waals surface area contributed by atoms with Crippen LogP contribution in [-0.4, -0.2) is 0 Å². The Morgan fingerprint density at radius 1 is 0.636 bits per heavy atom.